The van der Waals surface area contributed by atoms with Gasteiger partial charge in [-0.25, -0.2) is 8.78 Å². The van der Waals surface area contributed by atoms with E-state index >= 15 is 0 Å². The van der Waals surface area contributed by atoms with Gasteiger partial charge in [0.25, 0.3) is 0 Å². The lowest BCUT2D eigenvalue weighted by molar-refractivity contribution is 0.134. The predicted molar refractivity (Wildman–Crippen MR) is 122 cm³/mol. The molecule has 2 atom stereocenters. The lowest BCUT2D eigenvalue weighted by atomic mass is 9.60. The minimum atomic E-state index is -0.865. The minimum Gasteiger partial charge on any atom is -0.298 e. The number of rotatable bonds is 10. The van der Waals surface area contributed by atoms with Gasteiger partial charge in [-0.3, -0.25) is 4.90 Å². The van der Waals surface area contributed by atoms with Crippen LogP contribution < -0.4 is 0 Å². The van der Waals surface area contributed by atoms with Gasteiger partial charge in [0.1, 0.15) is 0 Å². The van der Waals surface area contributed by atoms with E-state index in [1.807, 2.05) is 6.07 Å². The molecule has 1 saturated carbocycles. The summed E-state index contributed by atoms with van der Waals surface area (Å²) in [7, 11) is 0. The average Bonchev–Trinajstić information content (AvgIpc) is 2.72. The van der Waals surface area contributed by atoms with Crippen LogP contribution in [0.4, 0.5) is 8.78 Å². The third-order valence-electron chi connectivity index (χ3n) is 7.12. The van der Waals surface area contributed by atoms with Crippen molar-refractivity contribution >= 4 is 0 Å². The highest BCUT2D eigenvalue weighted by atomic mass is 19.2. The monoisotopic (exact) mass is 424 g/mol. The molecule has 2 nitrogen and oxygen atoms in total. The van der Waals surface area contributed by atoms with Crippen molar-refractivity contribution in [3.05, 3.63) is 71.3 Å². The largest absolute Gasteiger partial charge is 0.298 e. The number of hydrogen-bond donors (Lipinski definition) is 0. The van der Waals surface area contributed by atoms with Gasteiger partial charge in [0.2, 0.25) is 0 Å². The van der Waals surface area contributed by atoms with E-state index in [1.165, 1.54) is 17.7 Å². The number of nitrogens with zero attached hydrogens (tertiary/aromatic N) is 2. The normalized spacial score (nSPS) is 17.2. The smallest absolute Gasteiger partial charge is 0.159 e. The van der Waals surface area contributed by atoms with Crippen molar-refractivity contribution < 1.29 is 8.78 Å². The Labute approximate surface area is 185 Å². The molecule has 1 aliphatic carbocycles. The number of halogens is 2. The number of benzene rings is 2. The summed E-state index contributed by atoms with van der Waals surface area (Å²) in [4.78, 5) is 2.49. The highest BCUT2D eigenvalue weighted by molar-refractivity contribution is 5.35. The maximum absolute atomic E-state index is 14.0. The molecule has 1 aliphatic rings. The van der Waals surface area contributed by atoms with Gasteiger partial charge in [-0.2, -0.15) is 5.26 Å². The average molecular weight is 425 g/mol. The van der Waals surface area contributed by atoms with Crippen molar-refractivity contribution in [2.24, 2.45) is 5.92 Å². The Morgan fingerprint density at radius 3 is 2.32 bits per heavy atom. The molecule has 2 aromatic rings. The molecule has 0 heterocycles. The molecule has 0 spiro atoms. The van der Waals surface area contributed by atoms with Crippen LogP contribution in [0.2, 0.25) is 0 Å². The van der Waals surface area contributed by atoms with Crippen molar-refractivity contribution in [2.45, 2.75) is 76.8 Å². The lowest BCUT2D eigenvalue weighted by Gasteiger charge is -2.42. The first-order chi connectivity index (χ1) is 14.9. The first-order valence-electron chi connectivity index (χ1n) is 11.5. The molecule has 0 saturated heterocycles. The number of nitriles is 1. The molecule has 0 amide bonds. The van der Waals surface area contributed by atoms with E-state index in [-0.39, 0.29) is 5.92 Å². The second kappa shape index (κ2) is 10.4. The van der Waals surface area contributed by atoms with Gasteiger partial charge in [0, 0.05) is 18.6 Å². The van der Waals surface area contributed by atoms with Crippen molar-refractivity contribution in [1.82, 2.24) is 4.90 Å². The second-order valence-electron chi connectivity index (χ2n) is 9.29. The Hall–Kier alpha value is -2.25. The summed E-state index contributed by atoms with van der Waals surface area (Å²) in [6.45, 7) is 7.59. The van der Waals surface area contributed by atoms with Crippen LogP contribution in [-0.2, 0) is 11.8 Å². The SMILES string of the molecule is CC(C)N(CCc1ccccc1)C(C)CCC(C#N)(c1ccc(F)c(F)c1)C1CCC1. The fourth-order valence-electron chi connectivity index (χ4n) is 4.96. The van der Waals surface area contributed by atoms with E-state index in [2.05, 4.69) is 56.0 Å². The van der Waals surface area contributed by atoms with Crippen LogP contribution in [0.5, 0.6) is 0 Å². The molecule has 0 aromatic heterocycles. The van der Waals surface area contributed by atoms with Crippen LogP contribution in [0.1, 0.15) is 64.0 Å². The molecule has 31 heavy (non-hydrogen) atoms. The maximum Gasteiger partial charge on any atom is 0.159 e. The number of hydrogen-bond acceptors (Lipinski definition) is 2. The highest BCUT2D eigenvalue weighted by Gasteiger charge is 2.44. The molecule has 166 valence electrons. The molecule has 3 rings (SSSR count). The van der Waals surface area contributed by atoms with Gasteiger partial charge >= 0.3 is 0 Å². The standard InChI is InChI=1S/C27H34F2N2/c1-20(2)31(17-15-22-8-5-4-6-9-22)21(3)14-16-27(19-30,23-10-7-11-23)24-12-13-25(28)26(29)18-24/h4-6,8-9,12-13,18,20-21,23H,7,10-11,14-17H2,1-3H3. The molecule has 2 aromatic carbocycles. The summed E-state index contributed by atoms with van der Waals surface area (Å²) in [5.41, 5.74) is 1.21. The molecule has 0 N–H and O–H groups in total. The van der Waals surface area contributed by atoms with E-state index in [1.54, 1.807) is 6.07 Å². The minimum absolute atomic E-state index is 0.214. The zero-order valence-corrected chi connectivity index (χ0v) is 19.0. The zero-order valence-electron chi connectivity index (χ0n) is 19.0. The highest BCUT2D eigenvalue weighted by Crippen LogP contribution is 2.47. The molecule has 0 aliphatic heterocycles. The third-order valence-corrected chi connectivity index (χ3v) is 7.12. The third kappa shape index (κ3) is 5.33. The van der Waals surface area contributed by atoms with Crippen LogP contribution >= 0.6 is 0 Å². The summed E-state index contributed by atoms with van der Waals surface area (Å²) in [5.74, 6) is -1.51. The van der Waals surface area contributed by atoms with Gasteiger partial charge in [-0.1, -0.05) is 42.8 Å². The van der Waals surface area contributed by atoms with E-state index < -0.39 is 17.0 Å². The molecule has 0 bridgehead atoms. The van der Waals surface area contributed by atoms with Crippen LogP contribution in [0.3, 0.4) is 0 Å². The fourth-order valence-corrected chi connectivity index (χ4v) is 4.96. The predicted octanol–water partition coefficient (Wildman–Crippen LogP) is 6.65. The second-order valence-corrected chi connectivity index (χ2v) is 9.29. The van der Waals surface area contributed by atoms with Gasteiger partial charge in [0.05, 0.1) is 11.5 Å². The van der Waals surface area contributed by atoms with E-state index in [9.17, 15) is 14.0 Å². The van der Waals surface area contributed by atoms with Crippen molar-refractivity contribution in [3.63, 3.8) is 0 Å². The topological polar surface area (TPSA) is 27.0 Å². The van der Waals surface area contributed by atoms with Crippen molar-refractivity contribution in [1.29, 1.82) is 5.26 Å². The van der Waals surface area contributed by atoms with Crippen LogP contribution in [0, 0.1) is 28.9 Å². The van der Waals surface area contributed by atoms with Crippen molar-refractivity contribution in [2.75, 3.05) is 6.54 Å². The Bertz CT molecular complexity index is 886. The van der Waals surface area contributed by atoms with Gasteiger partial charge < -0.3 is 0 Å². The summed E-state index contributed by atoms with van der Waals surface area (Å²) in [5, 5.41) is 10.3. The molecule has 0 radical (unpaired) electrons. The molecule has 2 unspecified atom stereocenters. The molecule has 1 fully saturated rings. The lowest BCUT2D eigenvalue weighted by Crippen LogP contribution is -2.43. The molecule has 4 heteroatoms. The van der Waals surface area contributed by atoms with Crippen LogP contribution in [0.25, 0.3) is 0 Å². The Morgan fingerprint density at radius 1 is 1.06 bits per heavy atom. The van der Waals surface area contributed by atoms with Gasteiger partial charge in [-0.05, 0) is 82.1 Å². The van der Waals surface area contributed by atoms with Gasteiger partial charge in [0.15, 0.2) is 11.6 Å². The molecular weight excluding hydrogens is 390 g/mol. The zero-order chi connectivity index (χ0) is 22.4. The fraction of sp³-hybridized carbons (Fsp3) is 0.519. The quantitative estimate of drug-likeness (QED) is 0.427. The maximum atomic E-state index is 14.0. The summed E-state index contributed by atoms with van der Waals surface area (Å²) >= 11 is 0. The van der Waals surface area contributed by atoms with E-state index in [0.29, 0.717) is 24.1 Å². The van der Waals surface area contributed by atoms with Gasteiger partial charge in [-0.15, -0.1) is 0 Å². The Kier molecular flexibility index (Phi) is 7.84. The summed E-state index contributed by atoms with van der Waals surface area (Å²) in [6.07, 6.45) is 5.54. The van der Waals surface area contributed by atoms with Crippen molar-refractivity contribution in [3.8, 4) is 6.07 Å². The van der Waals surface area contributed by atoms with Crippen LogP contribution in [-0.4, -0.2) is 23.5 Å². The Balaban J connectivity index is 1.74. The summed E-state index contributed by atoms with van der Waals surface area (Å²) < 4.78 is 27.6. The van der Waals surface area contributed by atoms with E-state index in [4.69, 9.17) is 0 Å². The Morgan fingerprint density at radius 2 is 1.77 bits per heavy atom. The first-order valence-corrected chi connectivity index (χ1v) is 11.5. The first kappa shape index (κ1) is 23.4. The van der Waals surface area contributed by atoms with E-state index in [0.717, 1.165) is 38.6 Å². The summed E-state index contributed by atoms with van der Waals surface area (Å²) in [6, 6.07) is 17.7. The van der Waals surface area contributed by atoms with Crippen LogP contribution in [0.15, 0.2) is 48.5 Å². The molecular formula is C27H34F2N2.